The van der Waals surface area contributed by atoms with Crippen molar-refractivity contribution in [2.45, 2.75) is 18.8 Å². The molecule has 4 nitrogen and oxygen atoms in total. The Morgan fingerprint density at radius 3 is 3.04 bits per heavy atom. The number of halogens is 1. The quantitative estimate of drug-likeness (QED) is 0.857. The molecule has 0 spiro atoms. The highest BCUT2D eigenvalue weighted by molar-refractivity contribution is 5.78. The molecular formula is C20H20FNO3. The Bertz CT molecular complexity index is 792. The Morgan fingerprint density at radius 1 is 1.28 bits per heavy atom. The molecule has 0 bridgehead atoms. The van der Waals surface area contributed by atoms with Crippen molar-refractivity contribution >= 4 is 5.91 Å². The Labute approximate surface area is 146 Å². The van der Waals surface area contributed by atoms with Crippen LogP contribution in [-0.2, 0) is 11.2 Å². The van der Waals surface area contributed by atoms with Crippen LogP contribution in [0.3, 0.4) is 0 Å². The van der Waals surface area contributed by atoms with E-state index in [4.69, 9.17) is 9.47 Å². The summed E-state index contributed by atoms with van der Waals surface area (Å²) in [5.74, 6) is 0.881. The van der Waals surface area contributed by atoms with E-state index < -0.39 is 5.82 Å². The minimum absolute atomic E-state index is 0.102. The van der Waals surface area contributed by atoms with Crippen LogP contribution in [0.2, 0.25) is 0 Å². The van der Waals surface area contributed by atoms with Crippen molar-refractivity contribution in [3.63, 3.8) is 0 Å². The fourth-order valence-corrected chi connectivity index (χ4v) is 3.51. The van der Waals surface area contributed by atoms with Crippen LogP contribution in [0.5, 0.6) is 11.5 Å². The van der Waals surface area contributed by atoms with E-state index in [2.05, 4.69) is 12.1 Å². The summed E-state index contributed by atoms with van der Waals surface area (Å²) in [6.45, 7) is 2.00. The summed E-state index contributed by atoms with van der Waals surface area (Å²) in [5, 5.41) is 0. The zero-order valence-corrected chi connectivity index (χ0v) is 13.9. The number of benzene rings is 2. The van der Waals surface area contributed by atoms with Crippen molar-refractivity contribution in [1.29, 1.82) is 0 Å². The number of ether oxygens (including phenoxy) is 2. The molecule has 1 saturated heterocycles. The largest absolute Gasteiger partial charge is 0.493 e. The van der Waals surface area contributed by atoms with E-state index in [1.165, 1.54) is 23.3 Å². The standard InChI is InChI=1S/C20H20FNO3/c21-17-3-1-2-4-19(17)25-13-20(23)22-9-7-16(12-22)14-5-6-18-15(11-14)8-10-24-18/h1-6,11,16H,7-10,12-13H2/t16-/m1/s1. The van der Waals surface area contributed by atoms with Gasteiger partial charge >= 0.3 is 0 Å². The van der Waals surface area contributed by atoms with Gasteiger partial charge in [0.15, 0.2) is 18.2 Å². The smallest absolute Gasteiger partial charge is 0.260 e. The SMILES string of the molecule is O=C(COc1ccccc1F)N1CC[C@@H](c2ccc3c(c2)CCO3)C1. The number of fused-ring (bicyclic) bond motifs is 1. The minimum atomic E-state index is -0.449. The van der Waals surface area contributed by atoms with Gasteiger partial charge in [-0.15, -0.1) is 0 Å². The molecule has 2 heterocycles. The molecule has 1 atom stereocenters. The topological polar surface area (TPSA) is 38.8 Å². The summed E-state index contributed by atoms with van der Waals surface area (Å²) in [6, 6.07) is 12.5. The van der Waals surface area contributed by atoms with Gasteiger partial charge in [-0.3, -0.25) is 4.79 Å². The molecular weight excluding hydrogens is 321 g/mol. The van der Waals surface area contributed by atoms with Gasteiger partial charge in [-0.2, -0.15) is 0 Å². The monoisotopic (exact) mass is 341 g/mol. The van der Waals surface area contributed by atoms with Crippen molar-refractivity contribution < 1.29 is 18.7 Å². The average molecular weight is 341 g/mol. The van der Waals surface area contributed by atoms with Gasteiger partial charge in [-0.1, -0.05) is 24.3 Å². The first-order valence-corrected chi connectivity index (χ1v) is 8.61. The average Bonchev–Trinajstić information content (AvgIpc) is 3.29. The lowest BCUT2D eigenvalue weighted by molar-refractivity contribution is -0.132. The molecule has 0 aromatic heterocycles. The molecule has 0 aliphatic carbocycles. The summed E-state index contributed by atoms with van der Waals surface area (Å²) in [5.41, 5.74) is 2.51. The second-order valence-electron chi connectivity index (χ2n) is 6.51. The van der Waals surface area contributed by atoms with Gasteiger partial charge in [0.2, 0.25) is 0 Å². The van der Waals surface area contributed by atoms with Gasteiger partial charge in [0, 0.05) is 25.4 Å². The molecule has 25 heavy (non-hydrogen) atoms. The van der Waals surface area contributed by atoms with Gasteiger partial charge in [0.25, 0.3) is 5.91 Å². The summed E-state index contributed by atoms with van der Waals surface area (Å²) in [7, 11) is 0. The maximum Gasteiger partial charge on any atom is 0.260 e. The molecule has 1 fully saturated rings. The maximum absolute atomic E-state index is 13.5. The van der Waals surface area contributed by atoms with E-state index >= 15 is 0 Å². The Balaban J connectivity index is 1.35. The third kappa shape index (κ3) is 3.31. The second-order valence-corrected chi connectivity index (χ2v) is 6.51. The van der Waals surface area contributed by atoms with Gasteiger partial charge in [-0.05, 0) is 35.7 Å². The molecule has 2 aliphatic rings. The molecule has 4 rings (SSSR count). The normalized spacial score (nSPS) is 18.8. The highest BCUT2D eigenvalue weighted by atomic mass is 19.1. The number of carbonyl (C=O) groups is 1. The van der Waals surface area contributed by atoms with Gasteiger partial charge in [-0.25, -0.2) is 4.39 Å². The summed E-state index contributed by atoms with van der Waals surface area (Å²) >= 11 is 0. The van der Waals surface area contributed by atoms with Crippen molar-refractivity contribution in [3.05, 3.63) is 59.4 Å². The van der Waals surface area contributed by atoms with Crippen LogP contribution in [0, 0.1) is 5.82 Å². The number of nitrogens with zero attached hydrogens (tertiary/aromatic N) is 1. The van der Waals surface area contributed by atoms with Gasteiger partial charge in [0.1, 0.15) is 5.75 Å². The van der Waals surface area contributed by atoms with E-state index in [9.17, 15) is 9.18 Å². The highest BCUT2D eigenvalue weighted by Gasteiger charge is 2.28. The molecule has 0 saturated carbocycles. The third-order valence-corrected chi connectivity index (χ3v) is 4.91. The zero-order chi connectivity index (χ0) is 17.2. The van der Waals surface area contributed by atoms with Crippen molar-refractivity contribution in [2.75, 3.05) is 26.3 Å². The lowest BCUT2D eigenvalue weighted by atomic mass is 9.96. The van der Waals surface area contributed by atoms with E-state index in [0.29, 0.717) is 19.0 Å². The van der Waals surface area contributed by atoms with Crippen LogP contribution in [-0.4, -0.2) is 37.1 Å². The fraction of sp³-hybridized carbons (Fsp3) is 0.350. The number of hydrogen-bond acceptors (Lipinski definition) is 3. The predicted molar refractivity (Wildman–Crippen MR) is 91.5 cm³/mol. The van der Waals surface area contributed by atoms with E-state index in [1.54, 1.807) is 17.0 Å². The Morgan fingerprint density at radius 2 is 2.16 bits per heavy atom. The van der Waals surface area contributed by atoms with Gasteiger partial charge < -0.3 is 14.4 Å². The molecule has 0 N–H and O–H groups in total. The van der Waals surface area contributed by atoms with Crippen LogP contribution in [0.25, 0.3) is 0 Å². The first kappa shape index (κ1) is 15.9. The third-order valence-electron chi connectivity index (χ3n) is 4.91. The molecule has 2 aromatic rings. The van der Waals surface area contributed by atoms with E-state index in [0.717, 1.165) is 25.2 Å². The molecule has 1 amide bonds. The second kappa shape index (κ2) is 6.75. The van der Waals surface area contributed by atoms with Crippen LogP contribution < -0.4 is 9.47 Å². The number of likely N-dealkylation sites (tertiary alicyclic amines) is 1. The van der Waals surface area contributed by atoms with E-state index in [1.807, 2.05) is 6.07 Å². The number of hydrogen-bond donors (Lipinski definition) is 0. The fourth-order valence-electron chi connectivity index (χ4n) is 3.51. The number of carbonyl (C=O) groups excluding carboxylic acids is 1. The predicted octanol–water partition coefficient (Wildman–Crippen LogP) is 3.16. The van der Waals surface area contributed by atoms with Crippen LogP contribution in [0.4, 0.5) is 4.39 Å². The van der Waals surface area contributed by atoms with Crippen LogP contribution in [0.15, 0.2) is 42.5 Å². The molecule has 130 valence electrons. The highest BCUT2D eigenvalue weighted by Crippen LogP contribution is 2.33. The molecule has 5 heteroatoms. The van der Waals surface area contributed by atoms with Gasteiger partial charge in [0.05, 0.1) is 6.61 Å². The molecule has 2 aliphatic heterocycles. The van der Waals surface area contributed by atoms with Crippen molar-refractivity contribution in [1.82, 2.24) is 4.90 Å². The summed E-state index contributed by atoms with van der Waals surface area (Å²) in [4.78, 5) is 14.2. The molecule has 0 radical (unpaired) electrons. The summed E-state index contributed by atoms with van der Waals surface area (Å²) < 4.78 is 24.4. The Kier molecular flexibility index (Phi) is 4.30. The first-order chi connectivity index (χ1) is 12.2. The van der Waals surface area contributed by atoms with Crippen LogP contribution in [0.1, 0.15) is 23.5 Å². The number of para-hydroxylation sites is 1. The summed E-state index contributed by atoms with van der Waals surface area (Å²) in [6.07, 6.45) is 1.89. The molecule has 2 aromatic carbocycles. The van der Waals surface area contributed by atoms with Crippen molar-refractivity contribution in [3.8, 4) is 11.5 Å². The lowest BCUT2D eigenvalue weighted by Gasteiger charge is -2.17. The number of amides is 1. The van der Waals surface area contributed by atoms with Crippen LogP contribution >= 0.6 is 0 Å². The lowest BCUT2D eigenvalue weighted by Crippen LogP contribution is -2.33. The minimum Gasteiger partial charge on any atom is -0.493 e. The molecule has 0 unspecified atom stereocenters. The Hall–Kier alpha value is -2.56. The van der Waals surface area contributed by atoms with Crippen molar-refractivity contribution in [2.24, 2.45) is 0 Å². The zero-order valence-electron chi connectivity index (χ0n) is 13.9. The number of rotatable bonds is 4. The van der Waals surface area contributed by atoms with E-state index in [-0.39, 0.29) is 18.3 Å². The first-order valence-electron chi connectivity index (χ1n) is 8.61. The maximum atomic E-state index is 13.5.